The fraction of sp³-hybridized carbons (Fsp3) is 1.00. The van der Waals surface area contributed by atoms with E-state index in [1.54, 1.807) is 0 Å². The van der Waals surface area contributed by atoms with Crippen LogP contribution in [0.5, 0.6) is 0 Å². The Morgan fingerprint density at radius 1 is 1.11 bits per heavy atom. The van der Waals surface area contributed by atoms with E-state index >= 15 is 0 Å². The smallest absolute Gasteiger partial charge is 0.0101 e. The lowest BCUT2D eigenvalue weighted by molar-refractivity contribution is 0.0359. The average Bonchev–Trinajstić information content (AvgIpc) is 3.06. The predicted octanol–water partition coefficient (Wildman–Crippen LogP) is 4.03. The largest absolute Gasteiger partial charge is 0.300 e. The van der Waals surface area contributed by atoms with Crippen molar-refractivity contribution in [2.75, 3.05) is 7.05 Å². The van der Waals surface area contributed by atoms with E-state index in [4.69, 9.17) is 0 Å². The first-order chi connectivity index (χ1) is 8.39. The van der Waals surface area contributed by atoms with Gasteiger partial charge in [0.05, 0.1) is 0 Å². The van der Waals surface area contributed by atoms with Crippen molar-refractivity contribution in [3.05, 3.63) is 0 Å². The van der Waals surface area contributed by atoms with Crippen LogP contribution >= 0.6 is 0 Å². The van der Waals surface area contributed by atoms with E-state index in [9.17, 15) is 0 Å². The fourth-order valence-corrected chi connectivity index (χ4v) is 5.92. The Balaban J connectivity index is 2.00. The quantitative estimate of drug-likeness (QED) is 0.678. The van der Waals surface area contributed by atoms with Crippen molar-refractivity contribution < 1.29 is 0 Å². The van der Waals surface area contributed by atoms with Gasteiger partial charge < -0.3 is 4.90 Å². The molecule has 0 N–H and O–H groups in total. The molecule has 1 heteroatoms. The van der Waals surface area contributed by atoms with Crippen LogP contribution in [-0.4, -0.2) is 24.0 Å². The molecule has 0 amide bonds. The molecule has 4 rings (SSSR count). The summed E-state index contributed by atoms with van der Waals surface area (Å²) in [5.74, 6) is 4.89. The SMILES string of the molecule is CCC1CC2CC(C)C3C(C(C)N2C)C3C1(C)C. The third-order valence-corrected chi connectivity index (χ3v) is 7.17. The number of rotatable bonds is 1. The van der Waals surface area contributed by atoms with E-state index in [0.29, 0.717) is 5.41 Å². The topological polar surface area (TPSA) is 3.24 Å². The van der Waals surface area contributed by atoms with E-state index in [1.165, 1.54) is 19.3 Å². The molecule has 4 fully saturated rings. The highest BCUT2D eigenvalue weighted by Gasteiger charge is 2.65. The molecule has 0 radical (unpaired) electrons. The number of hydrogen-bond donors (Lipinski definition) is 0. The molecule has 104 valence electrons. The minimum atomic E-state index is 0.576. The monoisotopic (exact) mass is 249 g/mol. The zero-order valence-electron chi connectivity index (χ0n) is 13.1. The van der Waals surface area contributed by atoms with Gasteiger partial charge >= 0.3 is 0 Å². The molecule has 7 atom stereocenters. The molecule has 4 aliphatic rings. The normalized spacial score (nSPS) is 54.7. The van der Waals surface area contributed by atoms with Crippen LogP contribution in [0.1, 0.15) is 53.9 Å². The van der Waals surface area contributed by atoms with Gasteiger partial charge in [-0.1, -0.05) is 34.1 Å². The summed E-state index contributed by atoms with van der Waals surface area (Å²) in [6.45, 7) is 12.6. The Bertz CT molecular complexity index is 335. The summed E-state index contributed by atoms with van der Waals surface area (Å²) in [4.78, 5) is 2.74. The molecule has 0 aromatic heterocycles. The molecule has 7 unspecified atom stereocenters. The number of nitrogens with zero attached hydrogens (tertiary/aromatic N) is 1. The summed E-state index contributed by atoms with van der Waals surface area (Å²) >= 11 is 0. The molecule has 2 aliphatic carbocycles. The lowest BCUT2D eigenvalue weighted by atomic mass is 9.66. The third kappa shape index (κ3) is 1.55. The molecule has 2 heterocycles. The molecular formula is C17H31N. The zero-order chi connectivity index (χ0) is 13.2. The second-order valence-electron chi connectivity index (χ2n) is 8.12. The predicted molar refractivity (Wildman–Crippen MR) is 77.4 cm³/mol. The van der Waals surface area contributed by atoms with Gasteiger partial charge in [0.15, 0.2) is 0 Å². The first-order valence-corrected chi connectivity index (χ1v) is 8.11. The van der Waals surface area contributed by atoms with Crippen LogP contribution in [0.15, 0.2) is 0 Å². The summed E-state index contributed by atoms with van der Waals surface area (Å²) in [6, 6.07) is 1.65. The molecular weight excluding hydrogens is 218 g/mol. The van der Waals surface area contributed by atoms with E-state index < -0.39 is 0 Å². The first-order valence-electron chi connectivity index (χ1n) is 8.11. The second-order valence-corrected chi connectivity index (χ2v) is 8.12. The van der Waals surface area contributed by atoms with Gasteiger partial charge in [-0.2, -0.15) is 0 Å². The highest BCUT2D eigenvalue weighted by molar-refractivity contribution is 5.15. The molecule has 18 heavy (non-hydrogen) atoms. The Morgan fingerprint density at radius 2 is 1.78 bits per heavy atom. The van der Waals surface area contributed by atoms with Gasteiger partial charge in [-0.05, 0) is 61.8 Å². The van der Waals surface area contributed by atoms with E-state index in [0.717, 1.165) is 41.7 Å². The van der Waals surface area contributed by atoms with Gasteiger partial charge in [0.2, 0.25) is 0 Å². The Hall–Kier alpha value is -0.0400. The van der Waals surface area contributed by atoms with Crippen LogP contribution in [0, 0.1) is 35.0 Å². The van der Waals surface area contributed by atoms with E-state index in [2.05, 4.69) is 46.6 Å². The van der Waals surface area contributed by atoms with E-state index in [1.807, 2.05) is 0 Å². The number of hydrogen-bond acceptors (Lipinski definition) is 1. The maximum absolute atomic E-state index is 2.74. The lowest BCUT2D eigenvalue weighted by Crippen LogP contribution is -2.46. The van der Waals surface area contributed by atoms with Gasteiger partial charge in [-0.3, -0.25) is 0 Å². The van der Waals surface area contributed by atoms with Gasteiger partial charge in [-0.25, -0.2) is 0 Å². The number of fused-ring (bicyclic) bond motifs is 4. The van der Waals surface area contributed by atoms with Crippen molar-refractivity contribution in [2.24, 2.45) is 35.0 Å². The van der Waals surface area contributed by atoms with Crippen molar-refractivity contribution >= 4 is 0 Å². The van der Waals surface area contributed by atoms with Gasteiger partial charge in [0.25, 0.3) is 0 Å². The standard InChI is InChI=1S/C17H31N/c1-7-12-9-13-8-10(2)14-15(11(3)18(13)6)16(14)17(12,4)5/h10-16H,7-9H2,1-6H3. The van der Waals surface area contributed by atoms with Gasteiger partial charge in [0.1, 0.15) is 0 Å². The summed E-state index contributed by atoms with van der Waals surface area (Å²) in [5, 5.41) is 0. The molecule has 2 aliphatic heterocycles. The Kier molecular flexibility index (Phi) is 2.86. The molecule has 1 nitrogen and oxygen atoms in total. The molecule has 2 saturated carbocycles. The highest BCUT2D eigenvalue weighted by Crippen LogP contribution is 2.68. The molecule has 2 saturated heterocycles. The van der Waals surface area contributed by atoms with Crippen molar-refractivity contribution in [1.29, 1.82) is 0 Å². The Morgan fingerprint density at radius 3 is 2.39 bits per heavy atom. The summed E-state index contributed by atoms with van der Waals surface area (Å²) < 4.78 is 0. The molecule has 4 bridgehead atoms. The van der Waals surface area contributed by atoms with Crippen LogP contribution in [0.25, 0.3) is 0 Å². The van der Waals surface area contributed by atoms with Crippen LogP contribution in [-0.2, 0) is 0 Å². The molecule has 0 spiro atoms. The lowest BCUT2D eigenvalue weighted by Gasteiger charge is -2.45. The molecule has 0 aromatic carbocycles. The summed E-state index contributed by atoms with van der Waals surface area (Å²) in [5.41, 5.74) is 0.576. The maximum atomic E-state index is 2.74. The highest BCUT2D eigenvalue weighted by atomic mass is 15.2. The maximum Gasteiger partial charge on any atom is 0.0101 e. The van der Waals surface area contributed by atoms with Crippen molar-refractivity contribution in [2.45, 2.75) is 66.0 Å². The van der Waals surface area contributed by atoms with Crippen LogP contribution in [0.4, 0.5) is 0 Å². The Labute approximate surface area is 113 Å². The average molecular weight is 249 g/mol. The van der Waals surface area contributed by atoms with Gasteiger partial charge in [0, 0.05) is 12.1 Å². The summed E-state index contributed by atoms with van der Waals surface area (Å²) in [7, 11) is 2.39. The third-order valence-electron chi connectivity index (χ3n) is 7.17. The minimum absolute atomic E-state index is 0.576. The molecule has 0 aromatic rings. The van der Waals surface area contributed by atoms with Crippen LogP contribution < -0.4 is 0 Å². The van der Waals surface area contributed by atoms with Crippen molar-refractivity contribution in [3.8, 4) is 0 Å². The van der Waals surface area contributed by atoms with Gasteiger partial charge in [-0.15, -0.1) is 0 Å². The zero-order valence-corrected chi connectivity index (χ0v) is 13.1. The van der Waals surface area contributed by atoms with Crippen molar-refractivity contribution in [3.63, 3.8) is 0 Å². The van der Waals surface area contributed by atoms with E-state index in [-0.39, 0.29) is 0 Å². The second kappa shape index (κ2) is 3.98. The minimum Gasteiger partial charge on any atom is -0.300 e. The first kappa shape index (κ1) is 13.0. The van der Waals surface area contributed by atoms with Crippen molar-refractivity contribution in [1.82, 2.24) is 4.90 Å². The van der Waals surface area contributed by atoms with Crippen LogP contribution in [0.2, 0.25) is 0 Å². The summed E-state index contributed by atoms with van der Waals surface area (Å²) in [6.07, 6.45) is 4.26. The van der Waals surface area contributed by atoms with Crippen LogP contribution in [0.3, 0.4) is 0 Å². The fourth-order valence-electron chi connectivity index (χ4n) is 5.92.